The van der Waals surface area contributed by atoms with E-state index in [-0.39, 0.29) is 11.5 Å². The van der Waals surface area contributed by atoms with Gasteiger partial charge in [0.25, 0.3) is 6.17 Å². The van der Waals surface area contributed by atoms with E-state index in [4.69, 9.17) is 5.10 Å². The van der Waals surface area contributed by atoms with Crippen LogP contribution < -0.4 is 15.1 Å². The molecule has 30 heavy (non-hydrogen) atoms. The summed E-state index contributed by atoms with van der Waals surface area (Å²) in [6, 6.07) is 15.5. The fourth-order valence-corrected chi connectivity index (χ4v) is 4.63. The third kappa shape index (κ3) is 2.60. The zero-order valence-electron chi connectivity index (χ0n) is 16.8. The highest BCUT2D eigenvalue weighted by atomic mass is 32.2. The average Bonchev–Trinajstić information content (AvgIpc) is 3.08. The van der Waals surface area contributed by atoms with Crippen LogP contribution >= 0.6 is 11.8 Å². The van der Waals surface area contributed by atoms with E-state index in [2.05, 4.69) is 4.98 Å². The number of nitrogens with zero attached hydrogens (tertiary/aromatic N) is 4. The number of carbonyl (C=O) groups is 1. The second-order valence-electron chi connectivity index (χ2n) is 7.25. The Balaban J connectivity index is 1.92. The van der Waals surface area contributed by atoms with E-state index in [0.717, 1.165) is 16.5 Å². The highest BCUT2D eigenvalue weighted by Gasteiger charge is 2.45. The minimum atomic E-state index is -0.577. The van der Waals surface area contributed by atoms with Gasteiger partial charge >= 0.3 is 11.3 Å². The predicted molar refractivity (Wildman–Crippen MR) is 116 cm³/mol. The number of aryl methyl sites for hydroxylation is 1. The molecule has 0 spiro atoms. The molecule has 1 aliphatic heterocycles. The maximum absolute atomic E-state index is 13.1. The van der Waals surface area contributed by atoms with Gasteiger partial charge in [0.2, 0.25) is 11.1 Å². The number of fused-ring (bicyclic) bond motifs is 4. The van der Waals surface area contributed by atoms with E-state index < -0.39 is 6.17 Å². The first-order chi connectivity index (χ1) is 14.5. The fourth-order valence-electron chi connectivity index (χ4n) is 4.26. The number of anilines is 1. The molecule has 3 heterocycles. The third-order valence-corrected chi connectivity index (χ3v) is 6.07. The van der Waals surface area contributed by atoms with Crippen molar-refractivity contribution in [3.8, 4) is 11.3 Å². The SMILES string of the molecule is CSc1n[n+]2c(c(=O)[nH]1)-c1ccccc1N(C(C)=O)[C@@H]2c1cn(C)c2ccccc12. The molecule has 0 aliphatic carbocycles. The first-order valence-corrected chi connectivity index (χ1v) is 10.8. The van der Waals surface area contributed by atoms with Gasteiger partial charge in [-0.3, -0.25) is 14.6 Å². The third-order valence-electron chi connectivity index (χ3n) is 5.50. The van der Waals surface area contributed by atoms with Crippen LogP contribution in [0.4, 0.5) is 5.69 Å². The summed E-state index contributed by atoms with van der Waals surface area (Å²) in [4.78, 5) is 30.6. The van der Waals surface area contributed by atoms with Gasteiger partial charge in [-0.1, -0.05) is 42.1 Å². The van der Waals surface area contributed by atoms with E-state index in [0.29, 0.717) is 22.1 Å². The van der Waals surface area contributed by atoms with E-state index in [1.807, 2.05) is 72.6 Å². The molecule has 7 nitrogen and oxygen atoms in total. The van der Waals surface area contributed by atoms with Crippen molar-refractivity contribution in [3.63, 3.8) is 0 Å². The molecule has 1 N–H and O–H groups in total. The van der Waals surface area contributed by atoms with Crippen LogP contribution in [-0.4, -0.2) is 26.8 Å². The number of benzene rings is 2. The monoisotopic (exact) mass is 418 g/mol. The van der Waals surface area contributed by atoms with Crippen LogP contribution in [0.15, 0.2) is 64.7 Å². The van der Waals surface area contributed by atoms with Gasteiger partial charge in [-0.15, -0.1) is 0 Å². The lowest BCUT2D eigenvalue weighted by atomic mass is 10.0. The summed E-state index contributed by atoms with van der Waals surface area (Å²) in [5, 5.41) is 6.23. The number of para-hydroxylation sites is 2. The number of aromatic nitrogens is 4. The molecule has 1 amide bonds. The molecule has 0 bridgehead atoms. The molecular formula is C22H20N5O2S+. The van der Waals surface area contributed by atoms with Gasteiger partial charge in [-0.25, -0.2) is 4.90 Å². The topological polar surface area (TPSA) is 74.9 Å². The van der Waals surface area contributed by atoms with Crippen LogP contribution in [-0.2, 0) is 11.8 Å². The maximum Gasteiger partial charge on any atom is 0.325 e. The summed E-state index contributed by atoms with van der Waals surface area (Å²) in [6.07, 6.45) is 3.29. The predicted octanol–water partition coefficient (Wildman–Crippen LogP) is 2.85. The number of H-pyrrole nitrogens is 1. The minimum absolute atomic E-state index is 0.119. The fraction of sp³-hybridized carbons (Fsp3) is 0.182. The molecule has 1 atom stereocenters. The van der Waals surface area contributed by atoms with Gasteiger partial charge in [0.05, 0.1) is 16.8 Å². The maximum atomic E-state index is 13.1. The first-order valence-electron chi connectivity index (χ1n) is 9.54. The Hall–Kier alpha value is -3.39. The lowest BCUT2D eigenvalue weighted by molar-refractivity contribution is -0.762. The Kier molecular flexibility index (Phi) is 4.25. The van der Waals surface area contributed by atoms with Gasteiger partial charge in [-0.05, 0) is 29.1 Å². The van der Waals surface area contributed by atoms with Crippen molar-refractivity contribution in [1.82, 2.24) is 14.6 Å². The van der Waals surface area contributed by atoms with Gasteiger partial charge in [0.1, 0.15) is 0 Å². The van der Waals surface area contributed by atoms with Gasteiger partial charge in [0, 0.05) is 36.2 Å². The van der Waals surface area contributed by atoms with Crippen molar-refractivity contribution in [2.75, 3.05) is 11.2 Å². The highest BCUT2D eigenvalue weighted by molar-refractivity contribution is 7.98. The molecule has 0 radical (unpaired) electrons. The second-order valence-corrected chi connectivity index (χ2v) is 8.04. The zero-order valence-corrected chi connectivity index (χ0v) is 17.6. The smallest absolute Gasteiger partial charge is 0.325 e. The van der Waals surface area contributed by atoms with Crippen LogP contribution in [0.5, 0.6) is 0 Å². The normalized spacial score (nSPS) is 15.2. The van der Waals surface area contributed by atoms with Crippen molar-refractivity contribution in [2.24, 2.45) is 7.05 Å². The van der Waals surface area contributed by atoms with Crippen LogP contribution in [0.1, 0.15) is 18.7 Å². The quantitative estimate of drug-likeness (QED) is 0.401. The van der Waals surface area contributed by atoms with Crippen LogP contribution in [0.25, 0.3) is 22.2 Å². The van der Waals surface area contributed by atoms with Crippen LogP contribution in [0.2, 0.25) is 0 Å². The van der Waals surface area contributed by atoms with Crippen molar-refractivity contribution in [2.45, 2.75) is 18.2 Å². The molecule has 2 aromatic carbocycles. The summed E-state index contributed by atoms with van der Waals surface area (Å²) < 4.78 is 3.72. The number of thioether (sulfide) groups is 1. The molecule has 8 heteroatoms. The molecule has 4 aromatic rings. The number of amides is 1. The second kappa shape index (κ2) is 6.84. The Morgan fingerprint density at radius 2 is 1.90 bits per heavy atom. The number of hydrogen-bond acceptors (Lipinski definition) is 4. The Morgan fingerprint density at radius 3 is 2.67 bits per heavy atom. The first kappa shape index (κ1) is 18.6. The number of rotatable bonds is 2. The summed E-state index contributed by atoms with van der Waals surface area (Å²) in [5.74, 6) is -0.119. The number of hydrogen-bond donors (Lipinski definition) is 1. The van der Waals surface area contributed by atoms with Crippen molar-refractivity contribution in [1.29, 1.82) is 0 Å². The lowest BCUT2D eigenvalue weighted by Gasteiger charge is -2.31. The zero-order chi connectivity index (χ0) is 21.0. The lowest BCUT2D eigenvalue weighted by Crippen LogP contribution is -2.60. The summed E-state index contributed by atoms with van der Waals surface area (Å²) >= 11 is 1.36. The number of carbonyl (C=O) groups excluding carboxylic acids is 1. The van der Waals surface area contributed by atoms with Crippen molar-refractivity contribution in [3.05, 3.63) is 70.6 Å². The molecular weight excluding hydrogens is 398 g/mol. The van der Waals surface area contributed by atoms with Gasteiger partial charge in [-0.2, -0.15) is 0 Å². The Bertz CT molecular complexity index is 1370. The van der Waals surface area contributed by atoms with Crippen LogP contribution in [0, 0.1) is 0 Å². The highest BCUT2D eigenvalue weighted by Crippen LogP contribution is 2.39. The van der Waals surface area contributed by atoms with Crippen molar-refractivity contribution >= 4 is 34.3 Å². The molecule has 0 fully saturated rings. The van der Waals surface area contributed by atoms with E-state index in [1.54, 1.807) is 16.5 Å². The molecule has 0 unspecified atom stereocenters. The number of aromatic amines is 1. The number of nitrogens with one attached hydrogen (secondary N) is 1. The average molecular weight is 419 g/mol. The molecule has 150 valence electrons. The molecule has 0 saturated carbocycles. The standard InChI is InChI=1S/C22H19N5O2S/c1-13(28)26-18-11-7-5-9-15(18)19-20(29)23-22(30-3)24-27(19)21(26)16-12-25(2)17-10-6-4-8-14(16)17/h4-12,21H,1-3H3/p+1/t21-/m0/s1. The molecule has 2 aromatic heterocycles. The largest absolute Gasteiger partial charge is 0.350 e. The van der Waals surface area contributed by atoms with Gasteiger partial charge in [0.15, 0.2) is 0 Å². The summed E-state index contributed by atoms with van der Waals surface area (Å²) in [5.41, 5.74) is 3.56. The van der Waals surface area contributed by atoms with E-state index in [1.165, 1.54) is 11.8 Å². The molecule has 1 aliphatic rings. The van der Waals surface area contributed by atoms with Crippen molar-refractivity contribution < 1.29 is 9.48 Å². The van der Waals surface area contributed by atoms with E-state index in [9.17, 15) is 9.59 Å². The Morgan fingerprint density at radius 1 is 1.17 bits per heavy atom. The van der Waals surface area contributed by atoms with Gasteiger partial charge < -0.3 is 4.57 Å². The molecule has 5 rings (SSSR count). The summed E-state index contributed by atoms with van der Waals surface area (Å²) in [6.45, 7) is 1.54. The minimum Gasteiger partial charge on any atom is -0.350 e. The Labute approximate surface area is 177 Å². The molecule has 0 saturated heterocycles. The van der Waals surface area contributed by atoms with Crippen LogP contribution in [0.3, 0.4) is 0 Å². The van der Waals surface area contributed by atoms with E-state index >= 15 is 0 Å². The summed E-state index contributed by atoms with van der Waals surface area (Å²) in [7, 11) is 1.98.